The molecule has 4 heteroatoms. The smallest absolute Gasteiger partial charge is 0.151 e. The molecule has 15 heavy (non-hydrogen) atoms. The van der Waals surface area contributed by atoms with Crippen LogP contribution in [0.3, 0.4) is 0 Å². The third-order valence-corrected chi connectivity index (χ3v) is 2.30. The Morgan fingerprint density at radius 2 is 2.27 bits per heavy atom. The molecule has 4 nitrogen and oxygen atoms in total. The van der Waals surface area contributed by atoms with Gasteiger partial charge in [0.25, 0.3) is 0 Å². The van der Waals surface area contributed by atoms with Crippen molar-refractivity contribution in [1.29, 1.82) is 0 Å². The van der Waals surface area contributed by atoms with Gasteiger partial charge >= 0.3 is 0 Å². The van der Waals surface area contributed by atoms with E-state index in [4.69, 9.17) is 4.42 Å². The van der Waals surface area contributed by atoms with E-state index in [2.05, 4.69) is 10.2 Å². The van der Waals surface area contributed by atoms with Crippen LogP contribution in [0.15, 0.2) is 35.1 Å². The lowest BCUT2D eigenvalue weighted by molar-refractivity contribution is 0.504. The zero-order chi connectivity index (χ0) is 10.7. The number of aryl methyl sites for hydroxylation is 1. The van der Waals surface area contributed by atoms with Gasteiger partial charge in [-0.15, -0.1) is 5.10 Å². The number of furan rings is 1. The maximum Gasteiger partial charge on any atom is 0.151 e. The third kappa shape index (κ3) is 2.15. The number of anilines is 1. The highest BCUT2D eigenvalue weighted by Crippen LogP contribution is 2.14. The molecule has 0 atom stereocenters. The summed E-state index contributed by atoms with van der Waals surface area (Å²) in [6.07, 6.45) is 3.37. The molecule has 0 unspecified atom stereocenters. The summed E-state index contributed by atoms with van der Waals surface area (Å²) in [4.78, 5) is 2.00. The average Bonchev–Trinajstić information content (AvgIpc) is 2.66. The quantitative estimate of drug-likeness (QED) is 0.765. The summed E-state index contributed by atoms with van der Waals surface area (Å²) >= 11 is 0. The Morgan fingerprint density at radius 3 is 2.87 bits per heavy atom. The fourth-order valence-corrected chi connectivity index (χ4v) is 1.36. The summed E-state index contributed by atoms with van der Waals surface area (Å²) in [7, 11) is 1.96. The summed E-state index contributed by atoms with van der Waals surface area (Å²) < 4.78 is 5.37. The fourth-order valence-electron chi connectivity index (χ4n) is 1.36. The molecule has 0 bridgehead atoms. The number of hydrogen-bond donors (Lipinski definition) is 0. The Bertz CT molecular complexity index is 424. The van der Waals surface area contributed by atoms with Gasteiger partial charge in [-0.3, -0.25) is 0 Å². The molecular weight excluding hydrogens is 190 g/mol. The second-order valence-electron chi connectivity index (χ2n) is 3.46. The second-order valence-corrected chi connectivity index (χ2v) is 3.46. The Labute approximate surface area is 88.5 Å². The van der Waals surface area contributed by atoms with Gasteiger partial charge in [-0.2, -0.15) is 5.10 Å². The minimum Gasteiger partial charge on any atom is -0.467 e. The van der Waals surface area contributed by atoms with Gasteiger partial charge in [0, 0.05) is 13.2 Å². The van der Waals surface area contributed by atoms with Crippen LogP contribution in [0, 0.1) is 6.92 Å². The molecule has 2 aromatic heterocycles. The van der Waals surface area contributed by atoms with Crippen LogP contribution in [0.4, 0.5) is 5.82 Å². The van der Waals surface area contributed by atoms with Gasteiger partial charge in [0.1, 0.15) is 5.76 Å². The van der Waals surface area contributed by atoms with Crippen LogP contribution in [-0.4, -0.2) is 17.2 Å². The molecule has 0 aromatic carbocycles. The summed E-state index contributed by atoms with van der Waals surface area (Å²) in [6, 6.07) is 5.75. The number of aromatic nitrogens is 2. The van der Waals surface area contributed by atoms with E-state index in [-0.39, 0.29) is 0 Å². The zero-order valence-electron chi connectivity index (χ0n) is 8.84. The normalized spacial score (nSPS) is 10.3. The molecule has 2 heterocycles. The molecule has 0 amide bonds. The van der Waals surface area contributed by atoms with Crippen molar-refractivity contribution in [1.82, 2.24) is 10.2 Å². The van der Waals surface area contributed by atoms with Gasteiger partial charge < -0.3 is 9.32 Å². The highest BCUT2D eigenvalue weighted by Gasteiger charge is 2.07. The van der Waals surface area contributed by atoms with E-state index in [9.17, 15) is 0 Å². The largest absolute Gasteiger partial charge is 0.467 e. The molecule has 0 aliphatic carbocycles. The van der Waals surface area contributed by atoms with Crippen LogP contribution >= 0.6 is 0 Å². The average molecular weight is 203 g/mol. The van der Waals surface area contributed by atoms with Gasteiger partial charge in [-0.25, -0.2) is 0 Å². The minimum absolute atomic E-state index is 0.706. The lowest BCUT2D eigenvalue weighted by Crippen LogP contribution is -2.17. The van der Waals surface area contributed by atoms with Crippen molar-refractivity contribution in [2.45, 2.75) is 13.5 Å². The first-order valence-electron chi connectivity index (χ1n) is 4.79. The van der Waals surface area contributed by atoms with Crippen molar-refractivity contribution < 1.29 is 4.42 Å². The predicted octanol–water partition coefficient (Wildman–Crippen LogP) is 2.01. The van der Waals surface area contributed by atoms with Crippen LogP contribution < -0.4 is 4.90 Å². The second kappa shape index (κ2) is 4.13. The van der Waals surface area contributed by atoms with E-state index in [1.54, 1.807) is 12.5 Å². The van der Waals surface area contributed by atoms with Crippen molar-refractivity contribution in [3.63, 3.8) is 0 Å². The van der Waals surface area contributed by atoms with E-state index >= 15 is 0 Å². The maximum atomic E-state index is 5.37. The molecule has 0 fully saturated rings. The molecule has 78 valence electrons. The molecule has 0 spiro atoms. The van der Waals surface area contributed by atoms with E-state index in [0.717, 1.165) is 17.1 Å². The van der Waals surface area contributed by atoms with Crippen molar-refractivity contribution in [2.24, 2.45) is 0 Å². The number of hydrogen-bond acceptors (Lipinski definition) is 4. The maximum absolute atomic E-state index is 5.37. The van der Waals surface area contributed by atoms with Crippen LogP contribution in [0.5, 0.6) is 0 Å². The third-order valence-electron chi connectivity index (χ3n) is 2.30. The highest BCUT2D eigenvalue weighted by atomic mass is 16.3. The first kappa shape index (κ1) is 9.71. The summed E-state index contributed by atoms with van der Waals surface area (Å²) in [5.41, 5.74) is 1.16. The summed E-state index contributed by atoms with van der Waals surface area (Å²) in [5.74, 6) is 1.80. The monoisotopic (exact) mass is 203 g/mol. The highest BCUT2D eigenvalue weighted by molar-refractivity contribution is 5.36. The molecule has 0 aliphatic heterocycles. The predicted molar refractivity (Wildman–Crippen MR) is 57.6 cm³/mol. The molecule has 0 saturated heterocycles. The van der Waals surface area contributed by atoms with Crippen LogP contribution in [0.2, 0.25) is 0 Å². The summed E-state index contributed by atoms with van der Waals surface area (Å²) in [6.45, 7) is 2.74. The van der Waals surface area contributed by atoms with Gasteiger partial charge in [-0.1, -0.05) is 0 Å². The van der Waals surface area contributed by atoms with Crippen molar-refractivity contribution in [3.05, 3.63) is 42.0 Å². The van der Waals surface area contributed by atoms with Crippen molar-refractivity contribution in [2.75, 3.05) is 11.9 Å². The van der Waals surface area contributed by atoms with Gasteiger partial charge in [0.05, 0.1) is 12.8 Å². The number of nitrogens with zero attached hydrogens (tertiary/aromatic N) is 3. The molecule has 2 rings (SSSR count). The Hall–Kier alpha value is -1.84. The van der Waals surface area contributed by atoms with Crippen LogP contribution in [0.25, 0.3) is 0 Å². The molecule has 0 saturated carbocycles. The Morgan fingerprint density at radius 1 is 1.40 bits per heavy atom. The van der Waals surface area contributed by atoms with E-state index in [0.29, 0.717) is 6.54 Å². The van der Waals surface area contributed by atoms with Crippen LogP contribution in [0.1, 0.15) is 11.3 Å². The lowest BCUT2D eigenvalue weighted by Gasteiger charge is -2.15. The molecule has 0 N–H and O–H groups in total. The minimum atomic E-state index is 0.706. The topological polar surface area (TPSA) is 42.2 Å². The Kier molecular flexibility index (Phi) is 2.67. The Balaban J connectivity index is 2.11. The molecule has 2 aromatic rings. The molecule has 0 radical (unpaired) electrons. The van der Waals surface area contributed by atoms with Crippen LogP contribution in [-0.2, 0) is 6.54 Å². The SMILES string of the molecule is Cc1ccoc1CN(C)c1cccnn1. The first-order chi connectivity index (χ1) is 7.27. The summed E-state index contributed by atoms with van der Waals surface area (Å²) in [5, 5.41) is 7.86. The van der Waals surface area contributed by atoms with Gasteiger partial charge in [-0.05, 0) is 30.7 Å². The number of rotatable bonds is 3. The van der Waals surface area contributed by atoms with Crippen molar-refractivity contribution >= 4 is 5.82 Å². The van der Waals surface area contributed by atoms with Crippen molar-refractivity contribution in [3.8, 4) is 0 Å². The molecular formula is C11H13N3O. The van der Waals surface area contributed by atoms with E-state index in [1.165, 1.54) is 0 Å². The zero-order valence-corrected chi connectivity index (χ0v) is 8.84. The van der Waals surface area contributed by atoms with E-state index in [1.807, 2.05) is 37.1 Å². The lowest BCUT2D eigenvalue weighted by atomic mass is 10.3. The molecule has 0 aliphatic rings. The first-order valence-corrected chi connectivity index (χ1v) is 4.79. The standard InChI is InChI=1S/C11H13N3O/c1-9-5-7-15-10(9)8-14(2)11-4-3-6-12-13-11/h3-7H,8H2,1-2H3. The van der Waals surface area contributed by atoms with Gasteiger partial charge in [0.15, 0.2) is 5.82 Å². The fraction of sp³-hybridized carbons (Fsp3) is 0.273. The van der Waals surface area contributed by atoms with E-state index < -0.39 is 0 Å². The van der Waals surface area contributed by atoms with Gasteiger partial charge in [0.2, 0.25) is 0 Å².